The molecule has 1 N–H and O–H groups in total. The molecule has 3 rings (SSSR count). The van der Waals surface area contributed by atoms with Gasteiger partial charge in [-0.3, -0.25) is 9.48 Å². The van der Waals surface area contributed by atoms with Crippen molar-refractivity contribution >= 4 is 18.3 Å². The molecule has 0 unspecified atom stereocenters. The van der Waals surface area contributed by atoms with E-state index in [4.69, 9.17) is 0 Å². The van der Waals surface area contributed by atoms with E-state index in [0.29, 0.717) is 5.41 Å². The number of carbonyl (C=O) groups is 1. The maximum Gasteiger partial charge on any atom is 0.257 e. The lowest BCUT2D eigenvalue weighted by Gasteiger charge is -2.33. The summed E-state index contributed by atoms with van der Waals surface area (Å²) in [6, 6.07) is 0. The van der Waals surface area contributed by atoms with E-state index in [1.165, 1.54) is 12.8 Å². The fourth-order valence-corrected chi connectivity index (χ4v) is 3.71. The summed E-state index contributed by atoms with van der Waals surface area (Å²) in [6.07, 6.45) is 3.54. The van der Waals surface area contributed by atoms with Crippen molar-refractivity contribution < 1.29 is 4.79 Å². The summed E-state index contributed by atoms with van der Waals surface area (Å²) in [5, 5.41) is 7.78. The largest absolute Gasteiger partial charge is 0.338 e. The highest BCUT2D eigenvalue weighted by atomic mass is 35.5. The minimum atomic E-state index is 0. The van der Waals surface area contributed by atoms with Gasteiger partial charge in [-0.05, 0) is 51.6 Å². The SMILES string of the molecule is Cc1nn(C)c(C)c1C(=O)N1CCC2(CCNCC2)C1.Cl. The molecule has 118 valence electrons. The summed E-state index contributed by atoms with van der Waals surface area (Å²) >= 11 is 0. The van der Waals surface area contributed by atoms with Crippen LogP contribution in [0, 0.1) is 19.3 Å². The van der Waals surface area contributed by atoms with E-state index >= 15 is 0 Å². The minimum Gasteiger partial charge on any atom is -0.338 e. The van der Waals surface area contributed by atoms with Gasteiger partial charge < -0.3 is 10.2 Å². The Kier molecular flexibility index (Phi) is 4.63. The number of rotatable bonds is 1. The molecule has 0 atom stereocenters. The Morgan fingerprint density at radius 3 is 2.48 bits per heavy atom. The monoisotopic (exact) mass is 312 g/mol. The Balaban J connectivity index is 0.00000161. The van der Waals surface area contributed by atoms with Crippen molar-refractivity contribution in [1.29, 1.82) is 0 Å². The number of hydrogen-bond acceptors (Lipinski definition) is 3. The minimum absolute atomic E-state index is 0. The summed E-state index contributed by atoms with van der Waals surface area (Å²) in [5.41, 5.74) is 2.99. The Hall–Kier alpha value is -1.07. The van der Waals surface area contributed by atoms with E-state index < -0.39 is 0 Å². The fraction of sp³-hybridized carbons (Fsp3) is 0.733. The molecule has 0 aliphatic carbocycles. The predicted octanol–water partition coefficient (Wildman–Crippen LogP) is 1.67. The highest BCUT2D eigenvalue weighted by molar-refractivity contribution is 5.96. The van der Waals surface area contributed by atoms with E-state index in [9.17, 15) is 4.79 Å². The van der Waals surface area contributed by atoms with Crippen LogP contribution in [0.25, 0.3) is 0 Å². The molecule has 3 heterocycles. The van der Waals surface area contributed by atoms with Crippen molar-refractivity contribution in [1.82, 2.24) is 20.0 Å². The second-order valence-electron chi connectivity index (χ2n) is 6.40. The molecule has 1 aromatic rings. The van der Waals surface area contributed by atoms with Crippen LogP contribution in [-0.2, 0) is 7.05 Å². The van der Waals surface area contributed by atoms with Crippen molar-refractivity contribution in [3.05, 3.63) is 17.0 Å². The lowest BCUT2D eigenvalue weighted by atomic mass is 9.78. The molecule has 1 aromatic heterocycles. The average molecular weight is 313 g/mol. The van der Waals surface area contributed by atoms with E-state index in [2.05, 4.69) is 10.4 Å². The third-order valence-electron chi connectivity index (χ3n) is 5.11. The van der Waals surface area contributed by atoms with E-state index in [0.717, 1.165) is 49.6 Å². The number of amides is 1. The van der Waals surface area contributed by atoms with Crippen LogP contribution in [0.15, 0.2) is 0 Å². The number of carbonyl (C=O) groups excluding carboxylic acids is 1. The second kappa shape index (κ2) is 5.97. The Morgan fingerprint density at radius 1 is 1.24 bits per heavy atom. The molecular formula is C15H25ClN4O. The predicted molar refractivity (Wildman–Crippen MR) is 85.0 cm³/mol. The van der Waals surface area contributed by atoms with Crippen LogP contribution in [0.4, 0.5) is 0 Å². The molecule has 2 aliphatic heterocycles. The van der Waals surface area contributed by atoms with Gasteiger partial charge in [0.1, 0.15) is 0 Å². The Bertz CT molecular complexity index is 534. The lowest BCUT2D eigenvalue weighted by Crippen LogP contribution is -2.39. The number of aromatic nitrogens is 2. The topological polar surface area (TPSA) is 50.2 Å². The van der Waals surface area contributed by atoms with Crippen molar-refractivity contribution in [2.24, 2.45) is 12.5 Å². The van der Waals surface area contributed by atoms with E-state index in [1.807, 2.05) is 25.8 Å². The summed E-state index contributed by atoms with van der Waals surface area (Å²) in [4.78, 5) is 14.8. The number of piperidine rings is 1. The second-order valence-corrected chi connectivity index (χ2v) is 6.40. The van der Waals surface area contributed by atoms with Crippen molar-refractivity contribution in [3.63, 3.8) is 0 Å². The van der Waals surface area contributed by atoms with Crippen LogP contribution in [0.3, 0.4) is 0 Å². The molecular weight excluding hydrogens is 288 g/mol. The number of nitrogens with zero attached hydrogens (tertiary/aromatic N) is 3. The van der Waals surface area contributed by atoms with Crippen LogP contribution in [0.1, 0.15) is 41.0 Å². The van der Waals surface area contributed by atoms with Gasteiger partial charge in [0.25, 0.3) is 5.91 Å². The third kappa shape index (κ3) is 2.81. The smallest absolute Gasteiger partial charge is 0.257 e. The van der Waals surface area contributed by atoms with Gasteiger partial charge >= 0.3 is 0 Å². The highest BCUT2D eigenvalue weighted by Gasteiger charge is 2.41. The zero-order chi connectivity index (χ0) is 14.3. The summed E-state index contributed by atoms with van der Waals surface area (Å²) in [6.45, 7) is 7.90. The van der Waals surface area contributed by atoms with Crippen molar-refractivity contribution in [2.75, 3.05) is 26.2 Å². The number of halogens is 1. The van der Waals surface area contributed by atoms with Gasteiger partial charge in [0.05, 0.1) is 11.3 Å². The van der Waals surface area contributed by atoms with Gasteiger partial charge in [0.2, 0.25) is 0 Å². The maximum absolute atomic E-state index is 12.8. The normalized spacial score (nSPS) is 20.6. The number of nitrogens with one attached hydrogen (secondary N) is 1. The van der Waals surface area contributed by atoms with Crippen molar-refractivity contribution in [2.45, 2.75) is 33.1 Å². The number of likely N-dealkylation sites (tertiary alicyclic amines) is 1. The first-order chi connectivity index (χ1) is 9.52. The zero-order valence-electron chi connectivity index (χ0n) is 13.1. The zero-order valence-corrected chi connectivity index (χ0v) is 13.9. The third-order valence-corrected chi connectivity index (χ3v) is 5.11. The molecule has 0 bridgehead atoms. The highest BCUT2D eigenvalue weighted by Crippen LogP contribution is 2.39. The summed E-state index contributed by atoms with van der Waals surface area (Å²) in [7, 11) is 1.90. The molecule has 0 radical (unpaired) electrons. The van der Waals surface area contributed by atoms with Crippen molar-refractivity contribution in [3.8, 4) is 0 Å². The van der Waals surface area contributed by atoms with Crippen LogP contribution in [0.5, 0.6) is 0 Å². The van der Waals surface area contributed by atoms with Gasteiger partial charge in [-0.15, -0.1) is 12.4 Å². The molecule has 6 heteroatoms. The van der Waals surface area contributed by atoms with Gasteiger partial charge in [-0.2, -0.15) is 5.10 Å². The van der Waals surface area contributed by atoms with E-state index in [-0.39, 0.29) is 18.3 Å². The van der Waals surface area contributed by atoms with Gasteiger partial charge in [0, 0.05) is 25.8 Å². The Labute approximate surface area is 132 Å². The first-order valence-corrected chi connectivity index (χ1v) is 7.53. The lowest BCUT2D eigenvalue weighted by molar-refractivity contribution is 0.0760. The maximum atomic E-state index is 12.8. The standard InChI is InChI=1S/C15H24N4O.ClH/c1-11-13(12(2)18(3)17-11)14(20)19-9-6-15(10-19)4-7-16-8-5-15;/h16H,4-10H2,1-3H3;1H. The average Bonchev–Trinajstić information content (AvgIpc) is 2.93. The molecule has 2 aliphatic rings. The molecule has 1 spiro atoms. The van der Waals surface area contributed by atoms with Crippen LogP contribution in [-0.4, -0.2) is 46.8 Å². The number of hydrogen-bond donors (Lipinski definition) is 1. The Morgan fingerprint density at radius 2 is 1.90 bits per heavy atom. The van der Waals surface area contributed by atoms with E-state index in [1.54, 1.807) is 4.68 Å². The molecule has 0 saturated carbocycles. The molecule has 21 heavy (non-hydrogen) atoms. The van der Waals surface area contributed by atoms with Crippen LogP contribution < -0.4 is 5.32 Å². The van der Waals surface area contributed by atoms with Gasteiger partial charge in [-0.25, -0.2) is 0 Å². The first kappa shape index (κ1) is 16.3. The molecule has 1 amide bonds. The molecule has 0 aromatic carbocycles. The first-order valence-electron chi connectivity index (χ1n) is 7.53. The molecule has 2 saturated heterocycles. The quantitative estimate of drug-likeness (QED) is 0.858. The summed E-state index contributed by atoms with van der Waals surface area (Å²) in [5.74, 6) is 0.170. The molecule has 5 nitrogen and oxygen atoms in total. The van der Waals surface area contributed by atoms with Crippen LogP contribution >= 0.6 is 12.4 Å². The summed E-state index contributed by atoms with van der Waals surface area (Å²) < 4.78 is 1.80. The van der Waals surface area contributed by atoms with Gasteiger partial charge in [0.15, 0.2) is 0 Å². The fourth-order valence-electron chi connectivity index (χ4n) is 3.71. The van der Waals surface area contributed by atoms with Gasteiger partial charge in [-0.1, -0.05) is 0 Å². The number of aryl methyl sites for hydroxylation is 2. The van der Waals surface area contributed by atoms with Crippen LogP contribution in [0.2, 0.25) is 0 Å². The molecule has 2 fully saturated rings.